The number of aryl methyl sites for hydroxylation is 1. The van der Waals surface area contributed by atoms with Crippen molar-refractivity contribution in [2.75, 3.05) is 6.61 Å². The normalized spacial score (nSPS) is 11.3. The molecule has 3 rings (SSSR count). The predicted molar refractivity (Wildman–Crippen MR) is 241 cm³/mol. The first-order valence-electron chi connectivity index (χ1n) is 23.7. The Morgan fingerprint density at radius 3 is 1.11 bits per heavy atom. The molecule has 3 nitrogen and oxygen atoms in total. The van der Waals surface area contributed by atoms with E-state index in [0.717, 1.165) is 40.7 Å². The number of esters is 1. The third-order valence-electron chi connectivity index (χ3n) is 11.7. The topological polar surface area (TPSA) is 46.5 Å². The van der Waals surface area contributed by atoms with E-state index in [4.69, 9.17) is 4.74 Å². The lowest BCUT2D eigenvalue weighted by Crippen LogP contribution is -2.07. The number of hydrogen-bond acceptors (Lipinski definition) is 3. The summed E-state index contributed by atoms with van der Waals surface area (Å²) in [6, 6.07) is 24.6. The number of phenols is 1. The van der Waals surface area contributed by atoms with Gasteiger partial charge in [0.2, 0.25) is 0 Å². The Labute approximate surface area is 344 Å². The maximum Gasteiger partial charge on any atom is 0.306 e. The van der Waals surface area contributed by atoms with Gasteiger partial charge in [-0.1, -0.05) is 253 Å². The monoisotopic (exact) mass is 767 g/mol. The van der Waals surface area contributed by atoms with Crippen molar-refractivity contribution in [1.29, 1.82) is 0 Å². The summed E-state index contributed by atoms with van der Waals surface area (Å²) in [5.74, 6) is 0.229. The van der Waals surface area contributed by atoms with Gasteiger partial charge in [0.15, 0.2) is 0 Å². The van der Waals surface area contributed by atoms with Gasteiger partial charge in [0.1, 0.15) is 5.75 Å². The van der Waals surface area contributed by atoms with E-state index in [9.17, 15) is 9.90 Å². The minimum atomic E-state index is -0.127. The lowest BCUT2D eigenvalue weighted by atomic mass is 9.93. The Morgan fingerprint density at radius 2 is 0.768 bits per heavy atom. The van der Waals surface area contributed by atoms with E-state index >= 15 is 0 Å². The molecule has 1 N–H and O–H groups in total. The Morgan fingerprint density at radius 1 is 0.446 bits per heavy atom. The minimum absolute atomic E-state index is 0.127. The molecule has 0 aromatic heterocycles. The van der Waals surface area contributed by atoms with E-state index in [-0.39, 0.29) is 5.97 Å². The molecule has 0 spiro atoms. The summed E-state index contributed by atoms with van der Waals surface area (Å²) in [5.41, 5.74) is 5.20. The number of carbonyl (C=O) groups is 1. The highest BCUT2D eigenvalue weighted by atomic mass is 16.5. The molecule has 0 saturated carbocycles. The summed E-state index contributed by atoms with van der Waals surface area (Å²) < 4.78 is 5.61. The van der Waals surface area contributed by atoms with Gasteiger partial charge in [-0.3, -0.25) is 4.79 Å². The second-order valence-corrected chi connectivity index (χ2v) is 16.9. The highest BCUT2D eigenvalue weighted by Gasteiger charge is 2.13. The Hall–Kier alpha value is -3.07. The largest absolute Gasteiger partial charge is 0.507 e. The third kappa shape index (κ3) is 23.9. The van der Waals surface area contributed by atoms with Gasteiger partial charge in [-0.15, -0.1) is 0 Å². The summed E-state index contributed by atoms with van der Waals surface area (Å²) in [6.45, 7) is 2.82. The van der Waals surface area contributed by atoms with Crippen molar-refractivity contribution in [3.05, 3.63) is 101 Å². The molecule has 3 aromatic carbocycles. The molecule has 56 heavy (non-hydrogen) atoms. The van der Waals surface area contributed by atoms with Gasteiger partial charge in [0.05, 0.1) is 6.61 Å². The van der Waals surface area contributed by atoms with Crippen molar-refractivity contribution in [1.82, 2.24) is 0 Å². The number of hydrogen-bond donors (Lipinski definition) is 1. The summed E-state index contributed by atoms with van der Waals surface area (Å²) in [5, 5.41) is 11.2. The minimum Gasteiger partial charge on any atom is -0.507 e. The molecule has 0 fully saturated rings. The average Bonchev–Trinajstić information content (AvgIpc) is 3.21. The van der Waals surface area contributed by atoms with Crippen LogP contribution < -0.4 is 0 Å². The van der Waals surface area contributed by atoms with Crippen LogP contribution in [0.2, 0.25) is 0 Å². The molecule has 0 heterocycles. The van der Waals surface area contributed by atoms with Gasteiger partial charge < -0.3 is 9.84 Å². The van der Waals surface area contributed by atoms with Gasteiger partial charge in [-0.05, 0) is 40.7 Å². The molecule has 3 heteroatoms. The predicted octanol–water partition coefficient (Wildman–Crippen LogP) is 16.0. The maximum atomic E-state index is 12.6. The van der Waals surface area contributed by atoms with Gasteiger partial charge >= 0.3 is 5.97 Å². The van der Waals surface area contributed by atoms with Crippen molar-refractivity contribution in [2.45, 2.75) is 212 Å². The summed E-state index contributed by atoms with van der Waals surface area (Å²) in [7, 11) is 0. The van der Waals surface area contributed by atoms with Crippen LogP contribution in [-0.2, 0) is 28.8 Å². The van der Waals surface area contributed by atoms with Gasteiger partial charge in [0, 0.05) is 19.3 Å². The first kappa shape index (κ1) is 47.3. The van der Waals surface area contributed by atoms with Gasteiger partial charge in [-0.2, -0.15) is 0 Å². The number of unbranched alkanes of at least 4 members (excludes halogenated alkanes) is 27. The van der Waals surface area contributed by atoms with Gasteiger partial charge in [0.25, 0.3) is 0 Å². The molecule has 0 bridgehead atoms. The Bertz CT molecular complexity index is 1290. The zero-order chi connectivity index (χ0) is 39.6. The van der Waals surface area contributed by atoms with E-state index in [1.807, 2.05) is 36.4 Å². The van der Waals surface area contributed by atoms with Crippen LogP contribution in [0.15, 0.2) is 72.8 Å². The van der Waals surface area contributed by atoms with Crippen molar-refractivity contribution in [3.8, 4) is 5.75 Å². The summed E-state index contributed by atoms with van der Waals surface area (Å²) >= 11 is 0. The van der Waals surface area contributed by atoms with E-state index in [1.54, 1.807) is 0 Å². The van der Waals surface area contributed by atoms with E-state index in [2.05, 4.69) is 43.3 Å². The highest BCUT2D eigenvalue weighted by molar-refractivity contribution is 5.69. The lowest BCUT2D eigenvalue weighted by molar-refractivity contribution is -0.143. The summed E-state index contributed by atoms with van der Waals surface area (Å²) in [4.78, 5) is 12.6. The lowest BCUT2D eigenvalue weighted by Gasteiger charge is -2.14. The van der Waals surface area contributed by atoms with Crippen LogP contribution in [0.4, 0.5) is 0 Å². The fourth-order valence-electron chi connectivity index (χ4n) is 8.15. The van der Waals surface area contributed by atoms with Crippen molar-refractivity contribution < 1.29 is 14.6 Å². The van der Waals surface area contributed by atoms with Crippen LogP contribution in [0.5, 0.6) is 5.75 Å². The molecule has 0 unspecified atom stereocenters. The molecule has 0 aliphatic heterocycles. The molecule has 0 saturated heterocycles. The third-order valence-corrected chi connectivity index (χ3v) is 11.7. The molecule has 0 atom stereocenters. The molecule has 0 aliphatic carbocycles. The van der Waals surface area contributed by atoms with Crippen molar-refractivity contribution in [3.63, 3.8) is 0 Å². The molecule has 0 aliphatic rings. The van der Waals surface area contributed by atoms with Crippen LogP contribution in [0.25, 0.3) is 0 Å². The first-order chi connectivity index (χ1) is 27.7. The quantitative estimate of drug-likeness (QED) is 0.0473. The maximum absolute atomic E-state index is 12.6. The molecule has 312 valence electrons. The molecular weight excluding hydrogens is 685 g/mol. The fourth-order valence-corrected chi connectivity index (χ4v) is 8.15. The SMILES string of the molecule is CCCCCCCCCCCCCCCCCCCCCCCCCCCCCCOC(=O)CCc1cc(Cc2ccccc2)c(O)c(Cc2ccccc2)c1. The number of rotatable bonds is 36. The van der Waals surface area contributed by atoms with Crippen LogP contribution in [0.1, 0.15) is 221 Å². The molecule has 0 radical (unpaired) electrons. The fraction of sp³-hybridized carbons (Fsp3) is 0.642. The van der Waals surface area contributed by atoms with E-state index in [1.165, 1.54) is 167 Å². The molecule has 3 aromatic rings. The zero-order valence-electron chi connectivity index (χ0n) is 36.0. The van der Waals surface area contributed by atoms with Crippen molar-refractivity contribution in [2.24, 2.45) is 0 Å². The second kappa shape index (κ2) is 33.0. The van der Waals surface area contributed by atoms with Crippen LogP contribution in [0, 0.1) is 0 Å². The van der Waals surface area contributed by atoms with E-state index < -0.39 is 0 Å². The van der Waals surface area contributed by atoms with Crippen LogP contribution in [-0.4, -0.2) is 17.7 Å². The van der Waals surface area contributed by atoms with Crippen LogP contribution in [0.3, 0.4) is 0 Å². The number of aromatic hydroxyl groups is 1. The zero-order valence-corrected chi connectivity index (χ0v) is 36.0. The Kier molecular flexibility index (Phi) is 27.8. The van der Waals surface area contributed by atoms with E-state index in [0.29, 0.717) is 38.0 Å². The highest BCUT2D eigenvalue weighted by Crippen LogP contribution is 2.30. The van der Waals surface area contributed by atoms with Crippen molar-refractivity contribution >= 4 is 5.97 Å². The molecule has 0 amide bonds. The second-order valence-electron chi connectivity index (χ2n) is 16.9. The number of ether oxygens (including phenoxy) is 1. The smallest absolute Gasteiger partial charge is 0.306 e. The average molecular weight is 767 g/mol. The standard InChI is InChI=1S/C53H82O3/c1-2-3-4-5-6-7-8-9-10-11-12-13-14-15-16-17-18-19-20-21-22-23-24-25-26-27-28-35-42-56-52(54)41-40-49-45-50(43-47-36-31-29-32-37-47)53(55)51(46-49)44-48-38-33-30-34-39-48/h29-34,36-39,45-46,55H,2-28,35,40-44H2,1H3. The number of carbonyl (C=O) groups excluding carboxylic acids is 1. The number of benzene rings is 3. The first-order valence-corrected chi connectivity index (χ1v) is 23.7. The van der Waals surface area contributed by atoms with Crippen LogP contribution >= 0.6 is 0 Å². The number of phenolic OH excluding ortho intramolecular Hbond substituents is 1. The summed E-state index contributed by atoms with van der Waals surface area (Å²) in [6.07, 6.45) is 41.4. The van der Waals surface area contributed by atoms with Gasteiger partial charge in [-0.25, -0.2) is 0 Å². The molecular formula is C53H82O3. The Balaban J connectivity index is 1.09.